The molecule has 0 aliphatic carbocycles. The molecule has 102 valence electrons. The fourth-order valence-corrected chi connectivity index (χ4v) is 1.62. The number of nitrogens with zero attached hydrogens (tertiary/aromatic N) is 3. The lowest BCUT2D eigenvalue weighted by Crippen LogP contribution is -2.47. The van der Waals surface area contributed by atoms with E-state index >= 15 is 0 Å². The summed E-state index contributed by atoms with van der Waals surface area (Å²) in [7, 11) is 1.36. The van der Waals surface area contributed by atoms with Gasteiger partial charge in [-0.05, 0) is 0 Å². The highest BCUT2D eigenvalue weighted by molar-refractivity contribution is 7.77. The molecule has 0 atom stereocenters. The number of hydroxylamine groups is 2. The standard InChI is InChI=1S/C10H17N3O4S/c1-11(9(15)3-2-8-14)17-10(16)12-4-6-13(18)7-5-12/h8,18H,2-7H2,1H3. The van der Waals surface area contributed by atoms with Crippen LogP contribution in [-0.4, -0.2) is 65.8 Å². The van der Waals surface area contributed by atoms with E-state index in [0.29, 0.717) is 32.5 Å². The Morgan fingerprint density at radius 2 is 1.94 bits per heavy atom. The van der Waals surface area contributed by atoms with E-state index in [1.807, 2.05) is 4.31 Å². The Labute approximate surface area is 111 Å². The Kier molecular flexibility index (Phi) is 5.93. The highest BCUT2D eigenvalue weighted by Crippen LogP contribution is 2.06. The monoisotopic (exact) mass is 275 g/mol. The summed E-state index contributed by atoms with van der Waals surface area (Å²) >= 11 is 4.17. The molecule has 1 saturated heterocycles. The Bertz CT molecular complexity index is 318. The van der Waals surface area contributed by atoms with Crippen molar-refractivity contribution in [3.8, 4) is 0 Å². The van der Waals surface area contributed by atoms with Crippen LogP contribution in [0.2, 0.25) is 0 Å². The lowest BCUT2D eigenvalue weighted by Gasteiger charge is -2.31. The van der Waals surface area contributed by atoms with Gasteiger partial charge in [0.25, 0.3) is 5.91 Å². The molecular weight excluding hydrogens is 258 g/mol. The molecule has 2 amide bonds. The quantitative estimate of drug-likeness (QED) is 0.444. The second-order valence-corrected chi connectivity index (χ2v) is 4.46. The van der Waals surface area contributed by atoms with Crippen molar-refractivity contribution in [2.24, 2.45) is 0 Å². The zero-order valence-electron chi connectivity index (χ0n) is 10.2. The molecule has 0 aromatic carbocycles. The van der Waals surface area contributed by atoms with Crippen molar-refractivity contribution in [3.63, 3.8) is 0 Å². The predicted octanol–water partition coefficient (Wildman–Crippen LogP) is -0.0621. The molecule has 0 saturated carbocycles. The van der Waals surface area contributed by atoms with Gasteiger partial charge in [0.15, 0.2) is 0 Å². The average molecular weight is 275 g/mol. The predicted molar refractivity (Wildman–Crippen MR) is 66.7 cm³/mol. The largest absolute Gasteiger partial charge is 0.434 e. The van der Waals surface area contributed by atoms with Crippen LogP contribution in [0, 0.1) is 0 Å². The lowest BCUT2D eigenvalue weighted by molar-refractivity contribution is -0.162. The molecule has 1 heterocycles. The molecular formula is C10H17N3O4S. The molecule has 7 nitrogen and oxygen atoms in total. The normalized spacial score (nSPS) is 16.2. The maximum absolute atomic E-state index is 11.7. The molecule has 0 aromatic rings. The smallest absolute Gasteiger partial charge is 0.319 e. The van der Waals surface area contributed by atoms with E-state index in [2.05, 4.69) is 12.8 Å². The van der Waals surface area contributed by atoms with Crippen LogP contribution in [-0.2, 0) is 14.4 Å². The summed E-state index contributed by atoms with van der Waals surface area (Å²) in [6.45, 7) is 2.33. The molecule has 1 aliphatic heterocycles. The Balaban J connectivity index is 2.34. The van der Waals surface area contributed by atoms with E-state index in [1.165, 1.54) is 11.9 Å². The van der Waals surface area contributed by atoms with Gasteiger partial charge in [-0.1, -0.05) is 12.8 Å². The van der Waals surface area contributed by atoms with Gasteiger partial charge in [0.1, 0.15) is 6.29 Å². The highest BCUT2D eigenvalue weighted by Gasteiger charge is 2.23. The van der Waals surface area contributed by atoms with Crippen molar-refractivity contribution in [2.45, 2.75) is 12.8 Å². The molecule has 1 fully saturated rings. The summed E-state index contributed by atoms with van der Waals surface area (Å²) in [5.74, 6) is -0.400. The maximum atomic E-state index is 11.7. The number of amides is 2. The van der Waals surface area contributed by atoms with Gasteiger partial charge >= 0.3 is 6.09 Å². The molecule has 18 heavy (non-hydrogen) atoms. The number of thiol groups is 1. The first-order valence-corrected chi connectivity index (χ1v) is 6.05. The van der Waals surface area contributed by atoms with Crippen LogP contribution in [0.25, 0.3) is 0 Å². The molecule has 0 unspecified atom stereocenters. The third kappa shape index (κ3) is 4.53. The number of carbonyl (C=O) groups is 3. The Hall–Kier alpha value is -1.28. The van der Waals surface area contributed by atoms with Gasteiger partial charge in [-0.25, -0.2) is 9.10 Å². The second kappa shape index (κ2) is 7.22. The van der Waals surface area contributed by atoms with Crippen molar-refractivity contribution >= 4 is 31.1 Å². The second-order valence-electron chi connectivity index (χ2n) is 3.89. The third-order valence-corrected chi connectivity index (χ3v) is 2.96. The van der Waals surface area contributed by atoms with Crippen molar-refractivity contribution in [3.05, 3.63) is 0 Å². The van der Waals surface area contributed by atoms with E-state index in [0.717, 1.165) is 5.06 Å². The summed E-state index contributed by atoms with van der Waals surface area (Å²) < 4.78 is 1.81. The van der Waals surface area contributed by atoms with Crippen LogP contribution in [0.3, 0.4) is 0 Å². The van der Waals surface area contributed by atoms with Gasteiger partial charge < -0.3 is 14.5 Å². The van der Waals surface area contributed by atoms with Crippen LogP contribution >= 0.6 is 12.8 Å². The molecule has 8 heteroatoms. The minimum atomic E-state index is -0.557. The molecule has 1 rings (SSSR count). The van der Waals surface area contributed by atoms with Gasteiger partial charge in [-0.3, -0.25) is 4.79 Å². The van der Waals surface area contributed by atoms with Gasteiger partial charge in [0, 0.05) is 46.1 Å². The first-order chi connectivity index (χ1) is 8.54. The summed E-state index contributed by atoms with van der Waals surface area (Å²) in [6.07, 6.45) is 0.259. The molecule has 0 spiro atoms. The van der Waals surface area contributed by atoms with Crippen LogP contribution in [0.15, 0.2) is 0 Å². The van der Waals surface area contributed by atoms with E-state index in [9.17, 15) is 14.4 Å². The topological polar surface area (TPSA) is 70.2 Å². The summed E-state index contributed by atoms with van der Waals surface area (Å²) in [6, 6.07) is 0. The Morgan fingerprint density at radius 3 is 2.50 bits per heavy atom. The molecule has 0 radical (unpaired) electrons. The van der Waals surface area contributed by atoms with Crippen LogP contribution in [0.1, 0.15) is 12.8 Å². The zero-order chi connectivity index (χ0) is 13.5. The minimum Gasteiger partial charge on any atom is -0.319 e. The van der Waals surface area contributed by atoms with Crippen LogP contribution in [0.5, 0.6) is 0 Å². The first kappa shape index (κ1) is 14.8. The van der Waals surface area contributed by atoms with Crippen molar-refractivity contribution in [1.82, 2.24) is 14.3 Å². The number of piperazine rings is 1. The average Bonchev–Trinajstić information content (AvgIpc) is 2.36. The fourth-order valence-electron chi connectivity index (χ4n) is 1.44. The third-order valence-electron chi connectivity index (χ3n) is 2.56. The van der Waals surface area contributed by atoms with Gasteiger partial charge in [0.2, 0.25) is 0 Å². The van der Waals surface area contributed by atoms with Crippen LogP contribution in [0.4, 0.5) is 4.79 Å². The number of carbonyl (C=O) groups excluding carboxylic acids is 3. The summed E-state index contributed by atoms with van der Waals surface area (Å²) in [4.78, 5) is 39.7. The van der Waals surface area contributed by atoms with Crippen LogP contribution < -0.4 is 0 Å². The first-order valence-electron chi connectivity index (χ1n) is 5.65. The lowest BCUT2D eigenvalue weighted by atomic mass is 10.3. The molecule has 0 aromatic heterocycles. The van der Waals surface area contributed by atoms with Crippen molar-refractivity contribution < 1.29 is 19.2 Å². The summed E-state index contributed by atoms with van der Waals surface area (Å²) in [5.41, 5.74) is 0. The van der Waals surface area contributed by atoms with Crippen molar-refractivity contribution in [2.75, 3.05) is 33.2 Å². The number of hydrogen-bond acceptors (Lipinski definition) is 6. The van der Waals surface area contributed by atoms with Crippen molar-refractivity contribution in [1.29, 1.82) is 0 Å². The van der Waals surface area contributed by atoms with E-state index in [4.69, 9.17) is 4.84 Å². The number of hydrogen-bond donors (Lipinski definition) is 1. The van der Waals surface area contributed by atoms with E-state index in [1.54, 1.807) is 0 Å². The number of rotatable bonds is 3. The van der Waals surface area contributed by atoms with Gasteiger partial charge in [-0.15, -0.1) is 0 Å². The summed E-state index contributed by atoms with van der Waals surface area (Å²) in [5, 5.41) is 0.874. The molecule has 1 aliphatic rings. The SMILES string of the molecule is CN(OC(=O)N1CCN(S)CC1)C(=O)CCC=O. The highest BCUT2D eigenvalue weighted by atomic mass is 32.1. The van der Waals surface area contributed by atoms with E-state index in [-0.39, 0.29) is 12.8 Å². The fraction of sp³-hybridized carbons (Fsp3) is 0.700. The Morgan fingerprint density at radius 1 is 1.33 bits per heavy atom. The zero-order valence-corrected chi connectivity index (χ0v) is 11.1. The van der Waals surface area contributed by atoms with E-state index < -0.39 is 12.0 Å². The number of aldehydes is 1. The minimum absolute atomic E-state index is 0.0394. The molecule has 0 bridgehead atoms. The van der Waals surface area contributed by atoms with Gasteiger partial charge in [-0.2, -0.15) is 5.06 Å². The maximum Gasteiger partial charge on any atom is 0.434 e. The van der Waals surface area contributed by atoms with Gasteiger partial charge in [0.05, 0.1) is 0 Å². The molecule has 0 N–H and O–H groups in total.